The number of aryl methyl sites for hydroxylation is 2. The zero-order chi connectivity index (χ0) is 16.0. The third-order valence-electron chi connectivity index (χ3n) is 4.62. The van der Waals surface area contributed by atoms with Crippen molar-refractivity contribution in [2.75, 3.05) is 20.1 Å². The summed E-state index contributed by atoms with van der Waals surface area (Å²) in [6, 6.07) is 2.13. The number of thiazole rings is 1. The van der Waals surface area contributed by atoms with E-state index in [1.54, 1.807) is 11.3 Å². The lowest BCUT2D eigenvalue weighted by atomic mass is 9.96. The number of aromatic amines is 1. The van der Waals surface area contributed by atoms with E-state index in [0.29, 0.717) is 5.92 Å². The van der Waals surface area contributed by atoms with Crippen molar-refractivity contribution >= 4 is 22.4 Å². The number of nitrogens with zero attached hydrogens (tertiary/aromatic N) is 4. The van der Waals surface area contributed by atoms with E-state index in [9.17, 15) is 0 Å². The summed E-state index contributed by atoms with van der Waals surface area (Å²) in [4.78, 5) is 21.0. The second kappa shape index (κ2) is 5.69. The average molecular weight is 327 g/mol. The van der Waals surface area contributed by atoms with Gasteiger partial charge in [0.1, 0.15) is 5.82 Å². The summed E-state index contributed by atoms with van der Waals surface area (Å²) in [5, 5.41) is 1.09. The number of rotatable bonds is 2. The van der Waals surface area contributed by atoms with Crippen molar-refractivity contribution in [1.82, 2.24) is 24.8 Å². The van der Waals surface area contributed by atoms with Crippen LogP contribution < -0.4 is 0 Å². The number of nitrogens with one attached hydrogen (secondary N) is 1. The standard InChI is InChI=1S/C17H21N5S/c1-10-16(23-11(2)19-10)14-8-13-15(20-14)9-18-17(21-13)12-4-6-22(3)7-5-12/h8-9,12,20H,4-7H2,1-3H3. The van der Waals surface area contributed by atoms with Crippen LogP contribution in [-0.2, 0) is 0 Å². The highest BCUT2D eigenvalue weighted by atomic mass is 32.1. The van der Waals surface area contributed by atoms with Crippen LogP contribution in [0.3, 0.4) is 0 Å². The first-order chi connectivity index (χ1) is 11.1. The van der Waals surface area contributed by atoms with Crippen LogP contribution in [0.2, 0.25) is 0 Å². The Morgan fingerprint density at radius 3 is 2.70 bits per heavy atom. The molecular formula is C17H21N5S. The highest BCUT2D eigenvalue weighted by Gasteiger charge is 2.21. The molecule has 0 unspecified atom stereocenters. The zero-order valence-electron chi connectivity index (χ0n) is 13.8. The quantitative estimate of drug-likeness (QED) is 0.782. The Morgan fingerprint density at radius 1 is 1.22 bits per heavy atom. The van der Waals surface area contributed by atoms with Crippen LogP contribution in [0.25, 0.3) is 21.6 Å². The van der Waals surface area contributed by atoms with E-state index >= 15 is 0 Å². The molecule has 0 aliphatic carbocycles. The smallest absolute Gasteiger partial charge is 0.132 e. The number of likely N-dealkylation sites (tertiary alicyclic amines) is 1. The topological polar surface area (TPSA) is 57.7 Å². The number of fused-ring (bicyclic) bond motifs is 1. The maximum atomic E-state index is 4.83. The summed E-state index contributed by atoms with van der Waals surface area (Å²) >= 11 is 1.72. The molecule has 0 amide bonds. The first kappa shape index (κ1) is 14.8. The molecule has 1 aliphatic rings. The van der Waals surface area contributed by atoms with Gasteiger partial charge in [-0.25, -0.2) is 15.0 Å². The summed E-state index contributed by atoms with van der Waals surface area (Å²) < 4.78 is 0. The average Bonchev–Trinajstić information content (AvgIpc) is 3.09. The lowest BCUT2D eigenvalue weighted by Crippen LogP contribution is -2.29. The van der Waals surface area contributed by atoms with Crippen molar-refractivity contribution in [1.29, 1.82) is 0 Å². The van der Waals surface area contributed by atoms with Crippen molar-refractivity contribution in [2.45, 2.75) is 32.6 Å². The van der Waals surface area contributed by atoms with Crippen LogP contribution in [0.4, 0.5) is 0 Å². The minimum atomic E-state index is 0.487. The van der Waals surface area contributed by atoms with E-state index in [-0.39, 0.29) is 0 Å². The van der Waals surface area contributed by atoms with Gasteiger partial charge in [0, 0.05) is 5.92 Å². The molecule has 0 radical (unpaired) electrons. The predicted octanol–water partition coefficient (Wildman–Crippen LogP) is 3.51. The predicted molar refractivity (Wildman–Crippen MR) is 93.9 cm³/mol. The van der Waals surface area contributed by atoms with Crippen molar-refractivity contribution in [3.63, 3.8) is 0 Å². The van der Waals surface area contributed by atoms with Gasteiger partial charge in [0.2, 0.25) is 0 Å². The fourth-order valence-electron chi connectivity index (χ4n) is 3.30. The van der Waals surface area contributed by atoms with Crippen LogP contribution in [0.15, 0.2) is 12.3 Å². The highest BCUT2D eigenvalue weighted by molar-refractivity contribution is 7.15. The molecule has 1 aliphatic heterocycles. The molecule has 0 atom stereocenters. The van der Waals surface area contributed by atoms with Gasteiger partial charge >= 0.3 is 0 Å². The summed E-state index contributed by atoms with van der Waals surface area (Å²) in [5.74, 6) is 1.48. The fraction of sp³-hybridized carbons (Fsp3) is 0.471. The lowest BCUT2D eigenvalue weighted by molar-refractivity contribution is 0.251. The minimum absolute atomic E-state index is 0.487. The van der Waals surface area contributed by atoms with Gasteiger partial charge in [0.25, 0.3) is 0 Å². The fourth-order valence-corrected chi connectivity index (χ4v) is 4.19. The van der Waals surface area contributed by atoms with Crippen LogP contribution in [-0.4, -0.2) is 45.0 Å². The van der Waals surface area contributed by atoms with E-state index in [1.165, 1.54) is 4.88 Å². The lowest BCUT2D eigenvalue weighted by Gasteiger charge is -2.27. The molecule has 4 rings (SSSR count). The van der Waals surface area contributed by atoms with Crippen LogP contribution in [0, 0.1) is 13.8 Å². The first-order valence-electron chi connectivity index (χ1n) is 8.09. The van der Waals surface area contributed by atoms with Gasteiger partial charge in [-0.15, -0.1) is 11.3 Å². The summed E-state index contributed by atoms with van der Waals surface area (Å²) in [6.07, 6.45) is 4.22. The number of hydrogen-bond donors (Lipinski definition) is 1. The van der Waals surface area contributed by atoms with E-state index in [0.717, 1.165) is 59.2 Å². The van der Waals surface area contributed by atoms with E-state index in [1.807, 2.05) is 13.1 Å². The molecule has 0 spiro atoms. The second-order valence-electron chi connectivity index (χ2n) is 6.44. The number of aromatic nitrogens is 4. The van der Waals surface area contributed by atoms with Crippen molar-refractivity contribution in [3.8, 4) is 10.6 Å². The number of H-pyrrole nitrogens is 1. The van der Waals surface area contributed by atoms with Gasteiger partial charge in [-0.2, -0.15) is 0 Å². The Morgan fingerprint density at radius 2 is 2.00 bits per heavy atom. The Balaban J connectivity index is 1.68. The Kier molecular flexibility index (Phi) is 3.66. The van der Waals surface area contributed by atoms with Gasteiger partial charge < -0.3 is 9.88 Å². The molecule has 1 fully saturated rings. The molecule has 1 saturated heterocycles. The van der Waals surface area contributed by atoms with Gasteiger partial charge in [0.05, 0.1) is 38.5 Å². The molecule has 4 heterocycles. The van der Waals surface area contributed by atoms with Crippen LogP contribution >= 0.6 is 11.3 Å². The van der Waals surface area contributed by atoms with E-state index < -0.39 is 0 Å². The largest absolute Gasteiger partial charge is 0.351 e. The molecule has 3 aromatic rings. The molecule has 0 bridgehead atoms. The summed E-state index contributed by atoms with van der Waals surface area (Å²) in [5.41, 5.74) is 4.18. The Labute approximate surface area is 139 Å². The SMILES string of the molecule is Cc1nc(C)c(-c2cc3nc(C4CCN(C)CC4)ncc3[nH]2)s1. The van der Waals surface area contributed by atoms with Gasteiger partial charge in [-0.1, -0.05) is 0 Å². The zero-order valence-corrected chi connectivity index (χ0v) is 14.6. The highest BCUT2D eigenvalue weighted by Crippen LogP contribution is 2.32. The Hall–Kier alpha value is -1.79. The molecule has 23 heavy (non-hydrogen) atoms. The molecule has 1 N–H and O–H groups in total. The third-order valence-corrected chi connectivity index (χ3v) is 5.73. The maximum Gasteiger partial charge on any atom is 0.132 e. The second-order valence-corrected chi connectivity index (χ2v) is 7.64. The molecule has 0 aromatic carbocycles. The van der Waals surface area contributed by atoms with Crippen LogP contribution in [0.1, 0.15) is 35.3 Å². The number of piperidine rings is 1. The van der Waals surface area contributed by atoms with Crippen LogP contribution in [0.5, 0.6) is 0 Å². The maximum absolute atomic E-state index is 4.83. The normalized spacial score (nSPS) is 17.2. The Bertz CT molecular complexity index is 842. The molecule has 6 heteroatoms. The van der Waals surface area contributed by atoms with E-state index in [4.69, 9.17) is 4.98 Å². The molecule has 5 nitrogen and oxygen atoms in total. The number of hydrogen-bond acceptors (Lipinski definition) is 5. The third kappa shape index (κ3) is 2.77. The molecule has 0 saturated carbocycles. The molecular weight excluding hydrogens is 306 g/mol. The van der Waals surface area contributed by atoms with Gasteiger partial charge in [0.15, 0.2) is 0 Å². The minimum Gasteiger partial charge on any atom is -0.351 e. The van der Waals surface area contributed by atoms with Gasteiger partial charge in [-0.05, 0) is 52.9 Å². The first-order valence-corrected chi connectivity index (χ1v) is 8.90. The molecule has 120 valence electrons. The van der Waals surface area contributed by atoms with Crippen molar-refractivity contribution in [2.24, 2.45) is 0 Å². The van der Waals surface area contributed by atoms with E-state index in [2.05, 4.69) is 39.9 Å². The van der Waals surface area contributed by atoms with Gasteiger partial charge in [-0.3, -0.25) is 0 Å². The monoisotopic (exact) mass is 327 g/mol. The van der Waals surface area contributed by atoms with Crippen molar-refractivity contribution in [3.05, 3.63) is 28.8 Å². The summed E-state index contributed by atoms with van der Waals surface area (Å²) in [6.45, 7) is 6.36. The summed E-state index contributed by atoms with van der Waals surface area (Å²) in [7, 11) is 2.18. The molecule has 3 aromatic heterocycles. The van der Waals surface area contributed by atoms with Crippen molar-refractivity contribution < 1.29 is 0 Å².